The Morgan fingerprint density at radius 2 is 1.66 bits per heavy atom. The van der Waals surface area contributed by atoms with Crippen LogP contribution in [0.3, 0.4) is 0 Å². The minimum absolute atomic E-state index is 0.120. The monoisotopic (exact) mass is 474 g/mol. The zero-order valence-corrected chi connectivity index (χ0v) is 20.0. The summed E-state index contributed by atoms with van der Waals surface area (Å²) in [5, 5.41) is 11.9. The smallest absolute Gasteiger partial charge is 0.342 e. The molecule has 0 spiro atoms. The van der Waals surface area contributed by atoms with E-state index in [1.807, 2.05) is 26.0 Å². The zero-order chi connectivity index (χ0) is 24.7. The Hall–Kier alpha value is -3.97. The van der Waals surface area contributed by atoms with Crippen LogP contribution >= 0.6 is 0 Å². The predicted molar refractivity (Wildman–Crippen MR) is 129 cm³/mol. The summed E-state index contributed by atoms with van der Waals surface area (Å²) in [6.45, 7) is 4.05. The van der Waals surface area contributed by atoms with Crippen molar-refractivity contribution in [3.05, 3.63) is 88.0 Å². The van der Waals surface area contributed by atoms with E-state index in [1.54, 1.807) is 56.7 Å². The van der Waals surface area contributed by atoms with Gasteiger partial charge in [0, 0.05) is 17.6 Å². The minimum atomic E-state index is -1.95. The van der Waals surface area contributed by atoms with Gasteiger partial charge in [0.2, 0.25) is 6.79 Å². The summed E-state index contributed by atoms with van der Waals surface area (Å²) >= 11 is 0. The van der Waals surface area contributed by atoms with Crippen LogP contribution in [0, 0.1) is 13.8 Å². The van der Waals surface area contributed by atoms with Gasteiger partial charge in [-0.3, -0.25) is 0 Å². The SMILES string of the molecule is COc1ccc(C2(O)OC(=O)C(c3ccc4c(c3)OCO4)=C2Cc2cc(C)c(OC)cc2C)cc1. The summed E-state index contributed by atoms with van der Waals surface area (Å²) < 4.78 is 27.4. The molecular weight excluding hydrogens is 448 g/mol. The highest BCUT2D eigenvalue weighted by Crippen LogP contribution is 2.47. The van der Waals surface area contributed by atoms with Gasteiger partial charge in [-0.05, 0) is 78.6 Å². The number of benzene rings is 3. The maximum atomic E-state index is 13.3. The lowest BCUT2D eigenvalue weighted by Crippen LogP contribution is -2.29. The number of hydrogen-bond acceptors (Lipinski definition) is 7. The number of esters is 1. The summed E-state index contributed by atoms with van der Waals surface area (Å²) in [6.07, 6.45) is 0.286. The van der Waals surface area contributed by atoms with Gasteiger partial charge in [0.15, 0.2) is 11.5 Å². The molecule has 0 saturated carbocycles. The van der Waals surface area contributed by atoms with Crippen molar-refractivity contribution in [2.24, 2.45) is 0 Å². The summed E-state index contributed by atoms with van der Waals surface area (Å²) in [7, 11) is 3.20. The third kappa shape index (κ3) is 3.88. The topological polar surface area (TPSA) is 83.5 Å². The third-order valence-corrected chi connectivity index (χ3v) is 6.52. The van der Waals surface area contributed by atoms with Gasteiger partial charge in [0.25, 0.3) is 5.79 Å². The van der Waals surface area contributed by atoms with Crippen molar-refractivity contribution in [3.8, 4) is 23.0 Å². The van der Waals surface area contributed by atoms with E-state index < -0.39 is 11.8 Å². The highest BCUT2D eigenvalue weighted by Gasteiger charge is 2.48. The fourth-order valence-electron chi connectivity index (χ4n) is 4.59. The van der Waals surface area contributed by atoms with Crippen LogP contribution in [0.1, 0.15) is 27.8 Å². The predicted octanol–water partition coefficient (Wildman–Crippen LogP) is 4.45. The molecule has 3 aromatic rings. The number of hydrogen-bond donors (Lipinski definition) is 1. The lowest BCUT2D eigenvalue weighted by Gasteiger charge is -2.26. The van der Waals surface area contributed by atoms with E-state index in [1.165, 1.54) is 0 Å². The molecule has 7 heteroatoms. The average Bonchev–Trinajstić information content (AvgIpc) is 3.42. The van der Waals surface area contributed by atoms with Crippen LogP contribution in [0.5, 0.6) is 23.0 Å². The molecule has 0 bridgehead atoms. The van der Waals surface area contributed by atoms with Crippen molar-refractivity contribution in [2.45, 2.75) is 26.1 Å². The maximum absolute atomic E-state index is 13.3. The Bertz CT molecular complexity index is 1340. The molecule has 1 atom stereocenters. The lowest BCUT2D eigenvalue weighted by molar-refractivity contribution is -0.185. The van der Waals surface area contributed by atoms with Gasteiger partial charge in [-0.1, -0.05) is 12.1 Å². The van der Waals surface area contributed by atoms with Gasteiger partial charge in [-0.15, -0.1) is 0 Å². The molecule has 35 heavy (non-hydrogen) atoms. The van der Waals surface area contributed by atoms with E-state index in [0.29, 0.717) is 39.5 Å². The summed E-state index contributed by atoms with van der Waals surface area (Å²) in [6, 6.07) is 16.1. The second-order valence-electron chi connectivity index (χ2n) is 8.61. The first-order valence-corrected chi connectivity index (χ1v) is 11.2. The molecule has 1 N–H and O–H groups in total. The summed E-state index contributed by atoms with van der Waals surface area (Å²) in [5.41, 5.74) is 4.63. The van der Waals surface area contributed by atoms with Crippen molar-refractivity contribution < 1.29 is 33.6 Å². The Labute approximate surface area is 203 Å². The average molecular weight is 475 g/mol. The highest BCUT2D eigenvalue weighted by molar-refractivity contribution is 6.20. The van der Waals surface area contributed by atoms with Crippen LogP contribution < -0.4 is 18.9 Å². The molecule has 0 amide bonds. The van der Waals surface area contributed by atoms with Gasteiger partial charge in [0.1, 0.15) is 11.5 Å². The van der Waals surface area contributed by atoms with Gasteiger partial charge in [-0.25, -0.2) is 4.79 Å². The van der Waals surface area contributed by atoms with Crippen molar-refractivity contribution in [1.82, 2.24) is 0 Å². The standard InChI is InChI=1S/C28H26O7/c1-16-12-24(32-4)17(2)11-19(16)13-22-26(18-5-10-23-25(14-18)34-15-33-23)27(29)35-28(22,30)20-6-8-21(31-3)9-7-20/h5-12,14,30H,13,15H2,1-4H3. The summed E-state index contributed by atoms with van der Waals surface area (Å²) in [4.78, 5) is 13.3. The Balaban J connectivity index is 1.68. The molecule has 0 aromatic heterocycles. The first-order chi connectivity index (χ1) is 16.8. The second-order valence-corrected chi connectivity index (χ2v) is 8.61. The fourth-order valence-corrected chi connectivity index (χ4v) is 4.59. The molecule has 3 aromatic carbocycles. The number of carbonyl (C=O) groups excluding carboxylic acids is 1. The number of carbonyl (C=O) groups is 1. The molecule has 0 fully saturated rings. The van der Waals surface area contributed by atoms with E-state index in [-0.39, 0.29) is 13.2 Å². The molecule has 5 rings (SSSR count). The fraction of sp³-hybridized carbons (Fsp3) is 0.250. The third-order valence-electron chi connectivity index (χ3n) is 6.52. The molecule has 0 saturated heterocycles. The molecule has 7 nitrogen and oxygen atoms in total. The van der Waals surface area contributed by atoms with Crippen LogP contribution in [-0.2, 0) is 21.7 Å². The van der Waals surface area contributed by atoms with E-state index in [2.05, 4.69) is 0 Å². The first kappa shape index (κ1) is 22.8. The van der Waals surface area contributed by atoms with Crippen molar-refractivity contribution in [1.29, 1.82) is 0 Å². The second kappa shape index (κ2) is 8.67. The first-order valence-electron chi connectivity index (χ1n) is 11.2. The quantitative estimate of drug-likeness (QED) is 0.529. The lowest BCUT2D eigenvalue weighted by atomic mass is 9.86. The zero-order valence-electron chi connectivity index (χ0n) is 20.0. The Morgan fingerprint density at radius 3 is 2.37 bits per heavy atom. The molecular formula is C28H26O7. The number of fused-ring (bicyclic) bond motifs is 1. The number of cyclic esters (lactones) is 1. The molecule has 0 radical (unpaired) electrons. The number of aryl methyl sites for hydroxylation is 2. The van der Waals surface area contributed by atoms with Crippen LogP contribution in [0.2, 0.25) is 0 Å². The van der Waals surface area contributed by atoms with Crippen LogP contribution in [0.25, 0.3) is 5.57 Å². The molecule has 2 heterocycles. The normalized spacial score (nSPS) is 18.6. The van der Waals surface area contributed by atoms with Gasteiger partial charge in [0.05, 0.1) is 19.8 Å². The van der Waals surface area contributed by atoms with E-state index in [4.69, 9.17) is 23.7 Å². The van der Waals surface area contributed by atoms with Gasteiger partial charge >= 0.3 is 5.97 Å². The molecule has 1 unspecified atom stereocenters. The van der Waals surface area contributed by atoms with Crippen molar-refractivity contribution in [2.75, 3.05) is 21.0 Å². The Morgan fingerprint density at radius 1 is 0.914 bits per heavy atom. The number of methoxy groups -OCH3 is 2. The van der Waals surface area contributed by atoms with E-state index in [0.717, 1.165) is 22.4 Å². The van der Waals surface area contributed by atoms with Crippen LogP contribution in [0.4, 0.5) is 0 Å². The van der Waals surface area contributed by atoms with Crippen molar-refractivity contribution in [3.63, 3.8) is 0 Å². The molecule has 2 aliphatic rings. The Kier molecular flexibility index (Phi) is 5.65. The number of ether oxygens (including phenoxy) is 5. The molecule has 2 aliphatic heterocycles. The van der Waals surface area contributed by atoms with E-state index >= 15 is 0 Å². The minimum Gasteiger partial charge on any atom is -0.497 e. The van der Waals surface area contributed by atoms with Crippen LogP contribution in [-0.4, -0.2) is 32.1 Å². The molecule has 180 valence electrons. The molecule has 0 aliphatic carbocycles. The van der Waals surface area contributed by atoms with E-state index in [9.17, 15) is 9.90 Å². The number of rotatable bonds is 6. The van der Waals surface area contributed by atoms with Crippen LogP contribution in [0.15, 0.2) is 60.2 Å². The maximum Gasteiger partial charge on any atom is 0.342 e. The van der Waals surface area contributed by atoms with Crippen molar-refractivity contribution >= 4 is 11.5 Å². The van der Waals surface area contributed by atoms with Gasteiger partial charge in [-0.2, -0.15) is 0 Å². The highest BCUT2D eigenvalue weighted by atomic mass is 16.7. The number of aliphatic hydroxyl groups is 1. The summed E-state index contributed by atoms with van der Waals surface area (Å²) in [5.74, 6) is -0.00640. The van der Waals surface area contributed by atoms with Gasteiger partial charge < -0.3 is 28.8 Å². The largest absolute Gasteiger partial charge is 0.497 e.